The molecule has 0 spiro atoms. The average molecular weight is 468 g/mol. The predicted molar refractivity (Wildman–Crippen MR) is 146 cm³/mol. The van der Waals surface area contributed by atoms with Gasteiger partial charge in [-0.1, -0.05) is 50.2 Å². The van der Waals surface area contributed by atoms with E-state index in [1.807, 2.05) is 0 Å². The van der Waals surface area contributed by atoms with Crippen molar-refractivity contribution in [3.63, 3.8) is 0 Å². The van der Waals surface area contributed by atoms with Crippen LogP contribution in [0.2, 0.25) is 0 Å². The van der Waals surface area contributed by atoms with Crippen molar-refractivity contribution in [3.8, 4) is 5.75 Å². The van der Waals surface area contributed by atoms with E-state index in [-0.39, 0.29) is 0 Å². The van der Waals surface area contributed by atoms with Crippen molar-refractivity contribution < 1.29 is 4.74 Å². The average Bonchev–Trinajstić information content (AvgIpc) is 3.27. The molecular formula is C31H37N3O. The molecule has 0 unspecified atom stereocenters. The summed E-state index contributed by atoms with van der Waals surface area (Å²) in [6.07, 6.45) is 6.43. The van der Waals surface area contributed by atoms with Crippen molar-refractivity contribution in [3.05, 3.63) is 102 Å². The summed E-state index contributed by atoms with van der Waals surface area (Å²) >= 11 is 0. The van der Waals surface area contributed by atoms with E-state index < -0.39 is 0 Å². The van der Waals surface area contributed by atoms with Crippen molar-refractivity contribution in [2.45, 2.75) is 32.6 Å². The van der Waals surface area contributed by atoms with Gasteiger partial charge in [-0.2, -0.15) is 0 Å². The standard InChI is InChI=1S/C31H37N3O/c1-25(2)30-24-34-17-7-6-11-31(34)29(30)23-26-12-14-28(15-13-26)35-22-8-16-32-18-20-33(21-19-32)27-9-4-3-5-10-27/h3-7,9-15,17,24-25H,8,16,18-23H2,1-2H3. The molecule has 0 saturated carbocycles. The lowest BCUT2D eigenvalue weighted by Gasteiger charge is -2.36. The number of anilines is 1. The van der Waals surface area contributed by atoms with E-state index in [1.54, 1.807) is 0 Å². The van der Waals surface area contributed by atoms with E-state index in [2.05, 4.69) is 113 Å². The molecule has 1 aliphatic rings. The minimum absolute atomic E-state index is 0.508. The fraction of sp³-hybridized carbons (Fsp3) is 0.355. The highest BCUT2D eigenvalue weighted by Crippen LogP contribution is 2.28. The molecule has 0 bridgehead atoms. The number of hydrogen-bond acceptors (Lipinski definition) is 3. The maximum Gasteiger partial charge on any atom is 0.119 e. The van der Waals surface area contributed by atoms with Crippen LogP contribution >= 0.6 is 0 Å². The van der Waals surface area contributed by atoms with Crippen LogP contribution in [0.1, 0.15) is 42.9 Å². The van der Waals surface area contributed by atoms with E-state index >= 15 is 0 Å². The molecule has 0 N–H and O–H groups in total. The third-order valence-electron chi connectivity index (χ3n) is 7.13. The highest BCUT2D eigenvalue weighted by molar-refractivity contribution is 5.61. The fourth-order valence-corrected chi connectivity index (χ4v) is 5.14. The first-order chi connectivity index (χ1) is 17.2. The minimum Gasteiger partial charge on any atom is -0.494 e. The number of para-hydroxylation sites is 1. The van der Waals surface area contributed by atoms with Crippen LogP contribution in [0.25, 0.3) is 5.52 Å². The lowest BCUT2D eigenvalue weighted by molar-refractivity contribution is 0.224. The summed E-state index contributed by atoms with van der Waals surface area (Å²) < 4.78 is 8.32. The molecule has 1 aliphatic heterocycles. The molecule has 35 heavy (non-hydrogen) atoms. The monoisotopic (exact) mass is 467 g/mol. The van der Waals surface area contributed by atoms with Crippen molar-refractivity contribution in [1.29, 1.82) is 0 Å². The molecule has 1 saturated heterocycles. The van der Waals surface area contributed by atoms with Crippen molar-refractivity contribution in [1.82, 2.24) is 9.30 Å². The molecule has 4 nitrogen and oxygen atoms in total. The Morgan fingerprint density at radius 3 is 2.31 bits per heavy atom. The molecule has 4 aromatic rings. The first-order valence-corrected chi connectivity index (χ1v) is 13.0. The van der Waals surface area contributed by atoms with E-state index in [0.29, 0.717) is 5.92 Å². The Morgan fingerprint density at radius 1 is 0.829 bits per heavy atom. The zero-order valence-electron chi connectivity index (χ0n) is 21.1. The van der Waals surface area contributed by atoms with Gasteiger partial charge in [0.25, 0.3) is 0 Å². The highest BCUT2D eigenvalue weighted by atomic mass is 16.5. The van der Waals surface area contributed by atoms with Gasteiger partial charge < -0.3 is 14.0 Å². The Balaban J connectivity index is 1.08. The summed E-state index contributed by atoms with van der Waals surface area (Å²) in [5.74, 6) is 1.47. The summed E-state index contributed by atoms with van der Waals surface area (Å²) in [6, 6.07) is 25.9. The summed E-state index contributed by atoms with van der Waals surface area (Å²) in [4.78, 5) is 5.04. The lowest BCUT2D eigenvalue weighted by Crippen LogP contribution is -2.46. The fourth-order valence-electron chi connectivity index (χ4n) is 5.14. The van der Waals surface area contributed by atoms with E-state index in [1.165, 1.54) is 27.9 Å². The van der Waals surface area contributed by atoms with E-state index in [9.17, 15) is 0 Å². The van der Waals surface area contributed by atoms with Gasteiger partial charge in [-0.3, -0.25) is 4.90 Å². The quantitative estimate of drug-likeness (QED) is 0.272. The first-order valence-electron chi connectivity index (χ1n) is 13.0. The van der Waals surface area contributed by atoms with Crippen LogP contribution < -0.4 is 9.64 Å². The highest BCUT2D eigenvalue weighted by Gasteiger charge is 2.17. The Labute approximate surface area is 209 Å². The Bertz CT molecular complexity index is 1210. The number of aromatic nitrogens is 1. The van der Waals surface area contributed by atoms with Gasteiger partial charge in [-0.05, 0) is 71.8 Å². The van der Waals surface area contributed by atoms with E-state index in [4.69, 9.17) is 4.74 Å². The van der Waals surface area contributed by atoms with Gasteiger partial charge in [0.05, 0.1) is 6.61 Å². The molecule has 5 rings (SSSR count). The van der Waals surface area contributed by atoms with Crippen LogP contribution in [-0.4, -0.2) is 48.6 Å². The van der Waals surface area contributed by atoms with Crippen LogP contribution in [0.15, 0.2) is 85.2 Å². The minimum atomic E-state index is 0.508. The first kappa shape index (κ1) is 23.5. The topological polar surface area (TPSA) is 20.1 Å². The third kappa shape index (κ3) is 5.71. The molecule has 0 amide bonds. The SMILES string of the molecule is CC(C)c1cn2ccccc2c1Cc1ccc(OCCCN2CCN(c3ccccc3)CC2)cc1. The predicted octanol–water partition coefficient (Wildman–Crippen LogP) is 6.24. The molecule has 0 aliphatic carbocycles. The maximum absolute atomic E-state index is 6.07. The zero-order chi connectivity index (χ0) is 24.0. The molecule has 4 heteroatoms. The zero-order valence-corrected chi connectivity index (χ0v) is 21.1. The van der Waals surface area contributed by atoms with E-state index in [0.717, 1.165) is 57.9 Å². The largest absolute Gasteiger partial charge is 0.494 e. The number of fused-ring (bicyclic) bond motifs is 1. The van der Waals surface area contributed by atoms with Gasteiger partial charge in [0, 0.05) is 56.3 Å². The number of rotatable bonds is 9. The summed E-state index contributed by atoms with van der Waals surface area (Å²) in [7, 11) is 0. The van der Waals surface area contributed by atoms with Crippen molar-refractivity contribution in [2.75, 3.05) is 44.2 Å². The van der Waals surface area contributed by atoms with Crippen molar-refractivity contribution >= 4 is 11.2 Å². The second-order valence-corrected chi connectivity index (χ2v) is 9.90. The second kappa shape index (κ2) is 11.0. The molecule has 2 aromatic carbocycles. The number of piperazine rings is 1. The molecule has 182 valence electrons. The molecule has 1 fully saturated rings. The van der Waals surface area contributed by atoms with Crippen LogP contribution in [0.3, 0.4) is 0 Å². The van der Waals surface area contributed by atoms with Crippen LogP contribution in [0.4, 0.5) is 5.69 Å². The van der Waals surface area contributed by atoms with Gasteiger partial charge in [-0.25, -0.2) is 0 Å². The summed E-state index contributed by atoms with van der Waals surface area (Å²) in [5.41, 5.74) is 6.83. The third-order valence-corrected chi connectivity index (χ3v) is 7.13. The van der Waals surface area contributed by atoms with Crippen molar-refractivity contribution in [2.24, 2.45) is 0 Å². The maximum atomic E-state index is 6.07. The Morgan fingerprint density at radius 2 is 1.57 bits per heavy atom. The smallest absolute Gasteiger partial charge is 0.119 e. The van der Waals surface area contributed by atoms with Crippen LogP contribution in [-0.2, 0) is 6.42 Å². The van der Waals surface area contributed by atoms with Gasteiger partial charge in [0.15, 0.2) is 0 Å². The normalized spacial score (nSPS) is 14.7. The summed E-state index contributed by atoms with van der Waals surface area (Å²) in [6.45, 7) is 10.9. The van der Waals surface area contributed by atoms with Gasteiger partial charge in [0.2, 0.25) is 0 Å². The molecule has 0 atom stereocenters. The van der Waals surface area contributed by atoms with Gasteiger partial charge >= 0.3 is 0 Å². The van der Waals surface area contributed by atoms with Crippen LogP contribution in [0.5, 0.6) is 5.75 Å². The Hall–Kier alpha value is -3.24. The molecule has 0 radical (unpaired) electrons. The molecule has 2 aromatic heterocycles. The molecular weight excluding hydrogens is 430 g/mol. The number of ether oxygens (including phenoxy) is 1. The lowest BCUT2D eigenvalue weighted by atomic mass is 9.96. The van der Waals surface area contributed by atoms with Gasteiger partial charge in [0.1, 0.15) is 5.75 Å². The number of nitrogens with zero attached hydrogens (tertiary/aromatic N) is 3. The summed E-state index contributed by atoms with van der Waals surface area (Å²) in [5, 5.41) is 0. The Kier molecular flexibility index (Phi) is 7.39. The van der Waals surface area contributed by atoms with Gasteiger partial charge in [-0.15, -0.1) is 0 Å². The molecule has 3 heterocycles. The number of benzene rings is 2. The number of hydrogen-bond donors (Lipinski definition) is 0. The van der Waals surface area contributed by atoms with Crippen LogP contribution in [0, 0.1) is 0 Å². The number of pyridine rings is 1. The second-order valence-electron chi connectivity index (χ2n) is 9.90.